The molecule has 0 aliphatic heterocycles. The Bertz CT molecular complexity index is 224. The quantitative estimate of drug-likeness (QED) is 0.716. The van der Waals surface area contributed by atoms with Crippen LogP contribution in [0.2, 0.25) is 0 Å². The molecule has 0 aromatic carbocycles. The van der Waals surface area contributed by atoms with E-state index in [0.29, 0.717) is 6.61 Å². The van der Waals surface area contributed by atoms with E-state index in [2.05, 4.69) is 0 Å². The maximum Gasteiger partial charge on any atom is 0.326 e. The lowest BCUT2D eigenvalue weighted by atomic mass is 9.82. The van der Waals surface area contributed by atoms with Gasteiger partial charge in [-0.2, -0.15) is 0 Å². The van der Waals surface area contributed by atoms with Crippen LogP contribution in [0.1, 0.15) is 52.9 Å². The van der Waals surface area contributed by atoms with Crippen LogP contribution in [0.3, 0.4) is 0 Å². The zero-order valence-corrected chi connectivity index (χ0v) is 10.1. The Morgan fingerprint density at radius 2 is 1.80 bits per heavy atom. The minimum atomic E-state index is -0.705. The number of carbonyl (C=O) groups is 1. The van der Waals surface area contributed by atoms with E-state index in [-0.39, 0.29) is 11.4 Å². The molecule has 3 heteroatoms. The average molecular weight is 213 g/mol. The Morgan fingerprint density at radius 1 is 1.27 bits per heavy atom. The van der Waals surface area contributed by atoms with Crippen molar-refractivity contribution in [3.63, 3.8) is 0 Å². The van der Waals surface area contributed by atoms with Crippen LogP contribution >= 0.6 is 0 Å². The Labute approximate surface area is 92.4 Å². The highest BCUT2D eigenvalue weighted by molar-refractivity contribution is 5.80. The van der Waals surface area contributed by atoms with Crippen LogP contribution in [0.25, 0.3) is 0 Å². The van der Waals surface area contributed by atoms with Crippen LogP contribution in [-0.2, 0) is 9.53 Å². The Morgan fingerprint density at radius 3 is 2.27 bits per heavy atom. The molecule has 2 N–H and O–H groups in total. The predicted molar refractivity (Wildman–Crippen MR) is 60.4 cm³/mol. The molecule has 15 heavy (non-hydrogen) atoms. The minimum Gasteiger partial charge on any atom is -0.464 e. The van der Waals surface area contributed by atoms with E-state index in [4.69, 9.17) is 10.5 Å². The highest BCUT2D eigenvalue weighted by atomic mass is 16.5. The van der Waals surface area contributed by atoms with E-state index in [1.165, 1.54) is 6.42 Å². The van der Waals surface area contributed by atoms with Crippen molar-refractivity contribution in [2.45, 2.75) is 58.4 Å². The van der Waals surface area contributed by atoms with Crippen LogP contribution in [0, 0.1) is 5.41 Å². The fourth-order valence-corrected chi connectivity index (χ4v) is 1.81. The molecule has 0 spiro atoms. The number of rotatable bonds is 2. The summed E-state index contributed by atoms with van der Waals surface area (Å²) in [5.41, 5.74) is 5.37. The van der Waals surface area contributed by atoms with Gasteiger partial charge in [0.25, 0.3) is 0 Å². The van der Waals surface area contributed by atoms with Gasteiger partial charge >= 0.3 is 5.97 Å². The van der Waals surface area contributed by atoms with Gasteiger partial charge in [-0.1, -0.05) is 40.0 Å². The molecule has 0 radical (unpaired) electrons. The minimum absolute atomic E-state index is 0.0146. The fraction of sp³-hybridized carbons (Fsp3) is 0.917. The number of hydrogen-bond donors (Lipinski definition) is 1. The SMILES string of the molecule is CC(C)(C)COC(=O)C1(N)CCCCC1. The van der Waals surface area contributed by atoms with Gasteiger partial charge in [0.15, 0.2) is 0 Å². The normalized spacial score (nSPS) is 21.1. The molecule has 0 bridgehead atoms. The molecule has 88 valence electrons. The zero-order valence-electron chi connectivity index (χ0n) is 10.1. The van der Waals surface area contributed by atoms with Crippen molar-refractivity contribution in [2.24, 2.45) is 11.1 Å². The van der Waals surface area contributed by atoms with Gasteiger partial charge in [-0.25, -0.2) is 0 Å². The number of hydrogen-bond acceptors (Lipinski definition) is 3. The van der Waals surface area contributed by atoms with Gasteiger partial charge < -0.3 is 10.5 Å². The summed E-state index contributed by atoms with van der Waals surface area (Å²) in [6, 6.07) is 0. The third-order valence-electron chi connectivity index (χ3n) is 2.79. The van der Waals surface area contributed by atoms with Gasteiger partial charge in [-0.3, -0.25) is 4.79 Å². The Kier molecular flexibility index (Phi) is 3.77. The van der Waals surface area contributed by atoms with E-state index < -0.39 is 5.54 Å². The molecule has 0 heterocycles. The average Bonchev–Trinajstić information content (AvgIpc) is 2.14. The van der Waals surface area contributed by atoms with Crippen molar-refractivity contribution in [3.05, 3.63) is 0 Å². The number of carbonyl (C=O) groups excluding carboxylic acids is 1. The van der Waals surface area contributed by atoms with Crippen LogP contribution in [0.15, 0.2) is 0 Å². The lowest BCUT2D eigenvalue weighted by Gasteiger charge is -2.32. The highest BCUT2D eigenvalue weighted by Crippen LogP contribution is 2.27. The predicted octanol–water partition coefficient (Wildman–Crippen LogP) is 2.24. The Balaban J connectivity index is 2.45. The van der Waals surface area contributed by atoms with Crippen LogP contribution in [0.5, 0.6) is 0 Å². The summed E-state index contributed by atoms with van der Waals surface area (Å²) in [4.78, 5) is 11.8. The number of nitrogens with two attached hydrogens (primary N) is 1. The number of esters is 1. The zero-order chi connectivity index (χ0) is 11.5. The van der Waals surface area contributed by atoms with E-state index in [1.54, 1.807) is 0 Å². The summed E-state index contributed by atoms with van der Waals surface area (Å²) in [7, 11) is 0. The molecule has 1 aliphatic rings. The van der Waals surface area contributed by atoms with Crippen molar-refractivity contribution in [2.75, 3.05) is 6.61 Å². The monoisotopic (exact) mass is 213 g/mol. The molecule has 0 saturated heterocycles. The summed E-state index contributed by atoms with van der Waals surface area (Å²) < 4.78 is 5.28. The second-order valence-electron chi connectivity index (χ2n) is 5.85. The van der Waals surface area contributed by atoms with E-state index in [9.17, 15) is 4.79 Å². The van der Waals surface area contributed by atoms with E-state index >= 15 is 0 Å². The van der Waals surface area contributed by atoms with Gasteiger partial charge in [-0.15, -0.1) is 0 Å². The van der Waals surface area contributed by atoms with Crippen molar-refractivity contribution >= 4 is 5.97 Å². The molecule has 3 nitrogen and oxygen atoms in total. The van der Waals surface area contributed by atoms with Crippen LogP contribution in [-0.4, -0.2) is 18.1 Å². The van der Waals surface area contributed by atoms with Crippen LogP contribution in [0.4, 0.5) is 0 Å². The molecular weight excluding hydrogens is 190 g/mol. The summed E-state index contributed by atoms with van der Waals surface area (Å²) >= 11 is 0. The summed E-state index contributed by atoms with van der Waals surface area (Å²) in [5, 5.41) is 0. The third-order valence-corrected chi connectivity index (χ3v) is 2.79. The molecule has 0 atom stereocenters. The highest BCUT2D eigenvalue weighted by Gasteiger charge is 2.37. The second kappa shape index (κ2) is 4.52. The largest absolute Gasteiger partial charge is 0.464 e. The summed E-state index contributed by atoms with van der Waals surface area (Å²) in [6.45, 7) is 6.59. The molecule has 0 unspecified atom stereocenters. The van der Waals surface area contributed by atoms with Gasteiger partial charge in [-0.05, 0) is 18.3 Å². The van der Waals surface area contributed by atoms with Gasteiger partial charge in [0.2, 0.25) is 0 Å². The molecule has 1 fully saturated rings. The number of ether oxygens (including phenoxy) is 1. The fourth-order valence-electron chi connectivity index (χ4n) is 1.81. The van der Waals surface area contributed by atoms with Gasteiger partial charge in [0.05, 0.1) is 6.61 Å². The summed E-state index contributed by atoms with van der Waals surface area (Å²) in [6.07, 6.45) is 4.82. The van der Waals surface area contributed by atoms with E-state index in [0.717, 1.165) is 25.7 Å². The maximum atomic E-state index is 11.8. The topological polar surface area (TPSA) is 52.3 Å². The molecule has 0 aromatic rings. The molecule has 0 amide bonds. The maximum absolute atomic E-state index is 11.8. The van der Waals surface area contributed by atoms with Crippen molar-refractivity contribution in [1.29, 1.82) is 0 Å². The smallest absolute Gasteiger partial charge is 0.326 e. The summed E-state index contributed by atoms with van der Waals surface area (Å²) in [5.74, 6) is -0.211. The molecular formula is C12H23NO2. The van der Waals surface area contributed by atoms with Crippen molar-refractivity contribution in [1.82, 2.24) is 0 Å². The molecule has 1 saturated carbocycles. The molecule has 1 aliphatic carbocycles. The van der Waals surface area contributed by atoms with E-state index in [1.807, 2.05) is 20.8 Å². The lowest BCUT2D eigenvalue weighted by molar-refractivity contribution is -0.154. The lowest BCUT2D eigenvalue weighted by Crippen LogP contribution is -2.50. The van der Waals surface area contributed by atoms with Crippen molar-refractivity contribution < 1.29 is 9.53 Å². The standard InChI is InChI=1S/C12H23NO2/c1-11(2,3)9-15-10(14)12(13)7-5-4-6-8-12/h4-9,13H2,1-3H3. The second-order valence-corrected chi connectivity index (χ2v) is 5.85. The van der Waals surface area contributed by atoms with Crippen LogP contribution < -0.4 is 5.73 Å². The third kappa shape index (κ3) is 3.82. The first kappa shape index (κ1) is 12.5. The molecule has 1 rings (SSSR count). The first-order chi connectivity index (χ1) is 6.83. The first-order valence-electron chi connectivity index (χ1n) is 5.80. The Hall–Kier alpha value is -0.570. The van der Waals surface area contributed by atoms with Gasteiger partial charge in [0, 0.05) is 0 Å². The molecule has 0 aromatic heterocycles. The first-order valence-corrected chi connectivity index (χ1v) is 5.80. The van der Waals surface area contributed by atoms with Crippen molar-refractivity contribution in [3.8, 4) is 0 Å². The van der Waals surface area contributed by atoms with Gasteiger partial charge in [0.1, 0.15) is 5.54 Å².